The van der Waals surface area contributed by atoms with Gasteiger partial charge in [-0.15, -0.1) is 0 Å². The summed E-state index contributed by atoms with van der Waals surface area (Å²) in [5, 5.41) is 3.19. The van der Waals surface area contributed by atoms with Crippen LogP contribution in [0.4, 0.5) is 21.6 Å². The van der Waals surface area contributed by atoms with Crippen molar-refractivity contribution < 1.29 is 4.39 Å². The number of nitrogen functional groups attached to an aromatic ring is 1. The monoisotopic (exact) mass is 251 g/mol. The summed E-state index contributed by atoms with van der Waals surface area (Å²) in [6, 6.07) is 6.33. The molecule has 1 aromatic carbocycles. The van der Waals surface area contributed by atoms with Crippen LogP contribution in [-0.4, -0.2) is 4.98 Å². The van der Waals surface area contributed by atoms with E-state index in [1.54, 1.807) is 18.2 Å². The van der Waals surface area contributed by atoms with E-state index in [2.05, 4.69) is 10.3 Å². The third kappa shape index (κ3) is 2.65. The minimum absolute atomic E-state index is 0.337. The zero-order chi connectivity index (χ0) is 12.4. The lowest BCUT2D eigenvalue weighted by Gasteiger charge is -2.09. The minimum atomic E-state index is -0.356. The number of halogens is 2. The van der Waals surface area contributed by atoms with Gasteiger partial charge in [0.1, 0.15) is 11.6 Å². The third-order valence-corrected chi connectivity index (χ3v) is 2.53. The maximum Gasteiger partial charge on any atom is 0.149 e. The molecule has 0 atom stereocenters. The Balaban J connectivity index is 2.34. The van der Waals surface area contributed by atoms with Crippen molar-refractivity contribution in [2.45, 2.75) is 6.92 Å². The molecule has 0 unspecified atom stereocenters. The number of nitrogens with one attached hydrogen (secondary N) is 1. The lowest BCUT2D eigenvalue weighted by Crippen LogP contribution is -1.98. The third-order valence-electron chi connectivity index (χ3n) is 2.24. The summed E-state index contributed by atoms with van der Waals surface area (Å²) in [4.78, 5) is 4.01. The number of anilines is 3. The summed E-state index contributed by atoms with van der Waals surface area (Å²) in [7, 11) is 0. The van der Waals surface area contributed by atoms with E-state index in [1.165, 1.54) is 12.3 Å². The summed E-state index contributed by atoms with van der Waals surface area (Å²) < 4.78 is 13.5. The Hall–Kier alpha value is -1.81. The van der Waals surface area contributed by atoms with Crippen LogP contribution in [0.25, 0.3) is 0 Å². The summed E-state index contributed by atoms with van der Waals surface area (Å²) in [6.45, 7) is 1.88. The predicted molar refractivity (Wildman–Crippen MR) is 68.1 cm³/mol. The molecule has 0 saturated heterocycles. The first kappa shape index (κ1) is 11.7. The molecule has 0 amide bonds. The Morgan fingerprint density at radius 3 is 2.82 bits per heavy atom. The zero-order valence-electron chi connectivity index (χ0n) is 9.17. The Morgan fingerprint density at radius 1 is 1.35 bits per heavy atom. The first-order valence-electron chi connectivity index (χ1n) is 5.00. The number of nitrogens with zero attached hydrogens (tertiary/aromatic N) is 1. The van der Waals surface area contributed by atoms with E-state index in [9.17, 15) is 4.39 Å². The molecule has 17 heavy (non-hydrogen) atoms. The van der Waals surface area contributed by atoms with Crippen LogP contribution in [0.5, 0.6) is 0 Å². The molecule has 3 N–H and O–H groups in total. The van der Waals surface area contributed by atoms with E-state index in [1.807, 2.05) is 6.92 Å². The van der Waals surface area contributed by atoms with Gasteiger partial charge in [0, 0.05) is 0 Å². The average Bonchev–Trinajstić information content (AvgIpc) is 2.27. The van der Waals surface area contributed by atoms with Crippen molar-refractivity contribution in [1.82, 2.24) is 4.98 Å². The van der Waals surface area contributed by atoms with Gasteiger partial charge >= 0.3 is 0 Å². The molecule has 3 nitrogen and oxygen atoms in total. The van der Waals surface area contributed by atoms with Crippen LogP contribution >= 0.6 is 11.6 Å². The Bertz CT molecular complexity index is 557. The van der Waals surface area contributed by atoms with Gasteiger partial charge in [-0.3, -0.25) is 0 Å². The van der Waals surface area contributed by atoms with Crippen LogP contribution in [0.15, 0.2) is 30.5 Å². The van der Waals surface area contributed by atoms with Crippen molar-refractivity contribution >= 4 is 28.8 Å². The first-order valence-corrected chi connectivity index (χ1v) is 5.38. The van der Waals surface area contributed by atoms with Gasteiger partial charge in [-0.1, -0.05) is 17.7 Å². The number of benzene rings is 1. The quantitative estimate of drug-likeness (QED) is 0.859. The molecule has 2 rings (SSSR count). The standard InChI is InChI=1S/C12H11ClFN3/c1-7-2-3-10(14)11(4-7)17-12-9(13)5-8(15)6-16-12/h2-6H,15H2,1H3,(H,16,17). The Labute approximate surface area is 103 Å². The molecule has 0 aliphatic carbocycles. The molecule has 88 valence electrons. The highest BCUT2D eigenvalue weighted by molar-refractivity contribution is 6.33. The summed E-state index contributed by atoms with van der Waals surface area (Å²) in [5.41, 5.74) is 7.27. The topological polar surface area (TPSA) is 50.9 Å². The number of rotatable bonds is 2. The molecule has 0 radical (unpaired) electrons. The fourth-order valence-corrected chi connectivity index (χ4v) is 1.63. The summed E-state index contributed by atoms with van der Waals surface area (Å²) in [5.74, 6) is 0.0238. The van der Waals surface area contributed by atoms with Gasteiger partial charge in [0.25, 0.3) is 0 Å². The Morgan fingerprint density at radius 2 is 2.12 bits per heavy atom. The number of aromatic nitrogens is 1. The van der Waals surface area contributed by atoms with Gasteiger partial charge in [0.2, 0.25) is 0 Å². The number of hydrogen-bond acceptors (Lipinski definition) is 3. The van der Waals surface area contributed by atoms with Crippen molar-refractivity contribution in [3.05, 3.63) is 46.9 Å². The molecule has 1 aromatic heterocycles. The highest BCUT2D eigenvalue weighted by atomic mass is 35.5. The number of pyridine rings is 1. The highest BCUT2D eigenvalue weighted by Crippen LogP contribution is 2.26. The molecular formula is C12H11ClFN3. The second kappa shape index (κ2) is 4.59. The summed E-state index contributed by atoms with van der Waals surface area (Å²) >= 11 is 5.94. The van der Waals surface area contributed by atoms with Crippen LogP contribution in [0.3, 0.4) is 0 Å². The van der Waals surface area contributed by atoms with Gasteiger partial charge < -0.3 is 11.1 Å². The van der Waals surface area contributed by atoms with Crippen LogP contribution in [0, 0.1) is 12.7 Å². The molecule has 5 heteroatoms. The van der Waals surface area contributed by atoms with Crippen molar-refractivity contribution in [1.29, 1.82) is 0 Å². The highest BCUT2D eigenvalue weighted by Gasteiger charge is 2.06. The number of hydrogen-bond donors (Lipinski definition) is 2. The van der Waals surface area contributed by atoms with E-state index >= 15 is 0 Å². The second-order valence-corrected chi connectivity index (χ2v) is 4.11. The van der Waals surface area contributed by atoms with Crippen molar-refractivity contribution in [2.75, 3.05) is 11.1 Å². The molecular weight excluding hydrogens is 241 g/mol. The van der Waals surface area contributed by atoms with Crippen LogP contribution in [-0.2, 0) is 0 Å². The van der Waals surface area contributed by atoms with Crippen molar-refractivity contribution in [2.24, 2.45) is 0 Å². The van der Waals surface area contributed by atoms with E-state index in [4.69, 9.17) is 17.3 Å². The summed E-state index contributed by atoms with van der Waals surface area (Å²) in [6.07, 6.45) is 1.46. The molecule has 0 bridgehead atoms. The van der Waals surface area contributed by atoms with Gasteiger partial charge in [0.15, 0.2) is 0 Å². The second-order valence-electron chi connectivity index (χ2n) is 3.71. The smallest absolute Gasteiger partial charge is 0.149 e. The van der Waals surface area contributed by atoms with Crippen molar-refractivity contribution in [3.8, 4) is 0 Å². The van der Waals surface area contributed by atoms with E-state index < -0.39 is 0 Å². The fraction of sp³-hybridized carbons (Fsp3) is 0.0833. The first-order chi connectivity index (χ1) is 8.06. The van der Waals surface area contributed by atoms with Gasteiger partial charge in [-0.2, -0.15) is 0 Å². The molecule has 0 aliphatic heterocycles. The molecule has 0 aliphatic rings. The maximum absolute atomic E-state index is 13.5. The van der Waals surface area contributed by atoms with E-state index in [0.717, 1.165) is 5.56 Å². The molecule has 0 fully saturated rings. The fourth-order valence-electron chi connectivity index (χ4n) is 1.41. The number of nitrogens with two attached hydrogens (primary N) is 1. The van der Waals surface area contributed by atoms with Crippen LogP contribution in [0.1, 0.15) is 5.56 Å². The largest absolute Gasteiger partial charge is 0.397 e. The zero-order valence-corrected chi connectivity index (χ0v) is 9.92. The Kier molecular flexibility index (Phi) is 3.15. The van der Waals surface area contributed by atoms with Crippen LogP contribution in [0.2, 0.25) is 5.02 Å². The predicted octanol–water partition coefficient (Wildman–Crippen LogP) is 3.51. The maximum atomic E-state index is 13.5. The van der Waals surface area contributed by atoms with Gasteiger partial charge in [0.05, 0.1) is 22.6 Å². The SMILES string of the molecule is Cc1ccc(F)c(Nc2ncc(N)cc2Cl)c1. The van der Waals surface area contributed by atoms with Crippen LogP contribution < -0.4 is 11.1 Å². The molecule has 1 heterocycles. The normalized spacial score (nSPS) is 10.3. The van der Waals surface area contributed by atoms with Gasteiger partial charge in [-0.05, 0) is 30.7 Å². The lowest BCUT2D eigenvalue weighted by atomic mass is 10.2. The average molecular weight is 252 g/mol. The minimum Gasteiger partial charge on any atom is -0.397 e. The molecule has 0 saturated carbocycles. The molecule has 0 spiro atoms. The number of aryl methyl sites for hydroxylation is 1. The van der Waals surface area contributed by atoms with Crippen molar-refractivity contribution in [3.63, 3.8) is 0 Å². The lowest BCUT2D eigenvalue weighted by molar-refractivity contribution is 0.631. The van der Waals surface area contributed by atoms with E-state index in [0.29, 0.717) is 22.2 Å². The van der Waals surface area contributed by atoms with Gasteiger partial charge in [-0.25, -0.2) is 9.37 Å². The molecule has 2 aromatic rings. The van der Waals surface area contributed by atoms with E-state index in [-0.39, 0.29) is 5.82 Å².